The minimum absolute atomic E-state index is 0.122. The van der Waals surface area contributed by atoms with Gasteiger partial charge >= 0.3 is 0 Å². The van der Waals surface area contributed by atoms with Crippen molar-refractivity contribution in [2.24, 2.45) is 0 Å². The van der Waals surface area contributed by atoms with Crippen LogP contribution in [0.5, 0.6) is 0 Å². The van der Waals surface area contributed by atoms with Crippen LogP contribution in [0.4, 0.5) is 5.13 Å². The Morgan fingerprint density at radius 1 is 1.32 bits per heavy atom. The molecule has 1 aromatic carbocycles. The number of aryl methyl sites for hydroxylation is 1. The summed E-state index contributed by atoms with van der Waals surface area (Å²) < 4.78 is 7.49. The Morgan fingerprint density at radius 3 is 2.88 bits per heavy atom. The van der Waals surface area contributed by atoms with Gasteiger partial charge in [0.1, 0.15) is 5.60 Å². The van der Waals surface area contributed by atoms with Gasteiger partial charge in [0, 0.05) is 18.3 Å². The van der Waals surface area contributed by atoms with Crippen molar-refractivity contribution in [1.82, 2.24) is 14.6 Å². The molecule has 1 saturated heterocycles. The number of nitrogens with zero attached hydrogens (tertiary/aromatic N) is 4. The fraction of sp³-hybridized carbons (Fsp3) is 0.389. The van der Waals surface area contributed by atoms with E-state index >= 15 is 0 Å². The third-order valence-electron chi connectivity index (χ3n) is 4.58. The first kappa shape index (κ1) is 16.2. The molecule has 0 amide bonds. The first-order chi connectivity index (χ1) is 12.1. The average Bonchev–Trinajstić information content (AvgIpc) is 3.07. The van der Waals surface area contributed by atoms with Crippen molar-refractivity contribution in [2.45, 2.75) is 25.9 Å². The number of rotatable bonds is 3. The number of anilines is 1. The van der Waals surface area contributed by atoms with Crippen molar-refractivity contribution < 1.29 is 4.74 Å². The highest BCUT2D eigenvalue weighted by atomic mass is 32.1. The van der Waals surface area contributed by atoms with Gasteiger partial charge in [0.05, 0.1) is 13.2 Å². The lowest BCUT2D eigenvalue weighted by atomic mass is 9.94. The van der Waals surface area contributed by atoms with E-state index in [0.717, 1.165) is 29.4 Å². The van der Waals surface area contributed by atoms with Crippen LogP contribution in [-0.4, -0.2) is 34.3 Å². The van der Waals surface area contributed by atoms with Crippen LogP contribution in [0.15, 0.2) is 41.2 Å². The van der Waals surface area contributed by atoms with Crippen molar-refractivity contribution in [3.05, 3.63) is 58.0 Å². The second kappa shape index (κ2) is 6.24. The van der Waals surface area contributed by atoms with Crippen LogP contribution < -0.4 is 10.5 Å². The zero-order valence-corrected chi connectivity index (χ0v) is 15.1. The summed E-state index contributed by atoms with van der Waals surface area (Å²) in [6.07, 6.45) is 0.739. The second-order valence-corrected chi connectivity index (χ2v) is 7.32. The van der Waals surface area contributed by atoms with Gasteiger partial charge in [-0.05, 0) is 18.9 Å². The van der Waals surface area contributed by atoms with Crippen molar-refractivity contribution in [1.29, 1.82) is 0 Å². The Kier molecular flexibility index (Phi) is 4.05. The molecule has 1 unspecified atom stereocenters. The monoisotopic (exact) mass is 356 g/mol. The molecule has 2 aromatic heterocycles. The van der Waals surface area contributed by atoms with E-state index in [9.17, 15) is 4.79 Å². The predicted molar refractivity (Wildman–Crippen MR) is 98.5 cm³/mol. The van der Waals surface area contributed by atoms with E-state index in [1.807, 2.05) is 25.1 Å². The molecule has 6 nitrogen and oxygen atoms in total. The lowest BCUT2D eigenvalue weighted by molar-refractivity contribution is -0.0466. The molecule has 0 spiro atoms. The molecule has 0 radical (unpaired) electrons. The number of aromatic nitrogens is 3. The standard InChI is InChI=1S/C18H20N4O2S/c1-3-14-11-15(23)22-16(19-14)25-17(20-22)21-9-10-24-18(2,12-21)13-7-5-4-6-8-13/h4-8,11H,3,9-10,12H2,1-2H3. The summed E-state index contributed by atoms with van der Waals surface area (Å²) in [7, 11) is 0. The number of benzene rings is 1. The first-order valence-corrected chi connectivity index (χ1v) is 9.25. The molecule has 1 atom stereocenters. The molecular formula is C18H20N4O2S. The van der Waals surface area contributed by atoms with Gasteiger partial charge in [0.15, 0.2) is 0 Å². The normalized spacial score (nSPS) is 21.0. The Balaban J connectivity index is 1.69. The quantitative estimate of drug-likeness (QED) is 0.721. The molecule has 0 bridgehead atoms. The minimum atomic E-state index is -0.398. The molecule has 4 rings (SSSR count). The van der Waals surface area contributed by atoms with Crippen molar-refractivity contribution in [2.75, 3.05) is 24.6 Å². The highest BCUT2D eigenvalue weighted by molar-refractivity contribution is 7.20. The number of morpholine rings is 1. The van der Waals surface area contributed by atoms with Gasteiger partial charge in [0.25, 0.3) is 5.56 Å². The number of hydrogen-bond donors (Lipinski definition) is 0. The van der Waals surface area contributed by atoms with Gasteiger partial charge in [-0.25, -0.2) is 4.98 Å². The summed E-state index contributed by atoms with van der Waals surface area (Å²) in [5, 5.41) is 5.31. The maximum absolute atomic E-state index is 12.2. The van der Waals surface area contributed by atoms with Crippen molar-refractivity contribution >= 4 is 21.4 Å². The molecule has 1 aliphatic heterocycles. The van der Waals surface area contributed by atoms with Gasteiger partial charge in [0.2, 0.25) is 10.1 Å². The van der Waals surface area contributed by atoms with Gasteiger partial charge in [-0.1, -0.05) is 48.6 Å². The van der Waals surface area contributed by atoms with Crippen LogP contribution in [0.1, 0.15) is 25.1 Å². The van der Waals surface area contributed by atoms with Crippen LogP contribution in [0.2, 0.25) is 0 Å². The molecule has 7 heteroatoms. The number of fused-ring (bicyclic) bond motifs is 1. The van der Waals surface area contributed by atoms with Crippen LogP contribution >= 0.6 is 11.3 Å². The zero-order chi connectivity index (χ0) is 17.4. The number of ether oxygens (including phenoxy) is 1. The Bertz CT molecular complexity index is 953. The fourth-order valence-electron chi connectivity index (χ4n) is 3.15. The molecule has 25 heavy (non-hydrogen) atoms. The van der Waals surface area contributed by atoms with E-state index in [2.05, 4.69) is 34.0 Å². The lowest BCUT2D eigenvalue weighted by Gasteiger charge is -2.40. The topological polar surface area (TPSA) is 59.7 Å². The smallest absolute Gasteiger partial charge is 0.275 e. The Morgan fingerprint density at radius 2 is 2.12 bits per heavy atom. The molecule has 3 aromatic rings. The van der Waals surface area contributed by atoms with Crippen LogP contribution in [-0.2, 0) is 16.8 Å². The minimum Gasteiger partial charge on any atom is -0.367 e. The van der Waals surface area contributed by atoms with E-state index in [1.165, 1.54) is 15.9 Å². The summed E-state index contributed by atoms with van der Waals surface area (Å²) in [6.45, 7) is 6.14. The highest BCUT2D eigenvalue weighted by Gasteiger charge is 2.35. The molecule has 0 aliphatic carbocycles. The van der Waals surface area contributed by atoms with Crippen molar-refractivity contribution in [3.63, 3.8) is 0 Å². The molecule has 3 heterocycles. The van der Waals surface area contributed by atoms with Crippen LogP contribution in [0.3, 0.4) is 0 Å². The molecule has 1 aliphatic rings. The van der Waals surface area contributed by atoms with Gasteiger partial charge < -0.3 is 9.64 Å². The molecule has 1 fully saturated rings. The van der Waals surface area contributed by atoms with Crippen LogP contribution in [0.25, 0.3) is 4.96 Å². The molecule has 0 saturated carbocycles. The third kappa shape index (κ3) is 2.94. The zero-order valence-electron chi connectivity index (χ0n) is 14.3. The lowest BCUT2D eigenvalue weighted by Crippen LogP contribution is -2.48. The summed E-state index contributed by atoms with van der Waals surface area (Å²) in [4.78, 5) is 19.6. The molecule has 0 N–H and O–H groups in total. The summed E-state index contributed by atoms with van der Waals surface area (Å²) >= 11 is 1.45. The molecular weight excluding hydrogens is 336 g/mol. The van der Waals surface area contributed by atoms with E-state index in [0.29, 0.717) is 18.1 Å². The predicted octanol–water partition coefficient (Wildman–Crippen LogP) is 2.47. The fourth-order valence-corrected chi connectivity index (χ4v) is 4.10. The third-order valence-corrected chi connectivity index (χ3v) is 5.55. The summed E-state index contributed by atoms with van der Waals surface area (Å²) in [6, 6.07) is 11.8. The Hall–Kier alpha value is -2.25. The highest BCUT2D eigenvalue weighted by Crippen LogP contribution is 2.33. The summed E-state index contributed by atoms with van der Waals surface area (Å²) in [5.74, 6) is 0. The molecule has 130 valence electrons. The average molecular weight is 356 g/mol. The van der Waals surface area contributed by atoms with Crippen molar-refractivity contribution in [3.8, 4) is 0 Å². The summed E-state index contributed by atoms with van der Waals surface area (Å²) in [5.41, 5.74) is 1.42. The number of hydrogen-bond acceptors (Lipinski definition) is 6. The van der Waals surface area contributed by atoms with Crippen LogP contribution in [0, 0.1) is 0 Å². The van der Waals surface area contributed by atoms with Gasteiger partial charge in [-0.15, -0.1) is 5.10 Å². The van der Waals surface area contributed by atoms with Gasteiger partial charge in [-0.2, -0.15) is 4.52 Å². The Labute approximate surface area is 149 Å². The van der Waals surface area contributed by atoms with E-state index in [1.54, 1.807) is 6.07 Å². The largest absolute Gasteiger partial charge is 0.367 e. The second-order valence-electron chi connectivity index (χ2n) is 6.39. The van der Waals surface area contributed by atoms with E-state index in [-0.39, 0.29) is 5.56 Å². The van der Waals surface area contributed by atoms with Gasteiger partial charge in [-0.3, -0.25) is 4.79 Å². The maximum atomic E-state index is 12.2. The first-order valence-electron chi connectivity index (χ1n) is 8.43. The van der Waals surface area contributed by atoms with E-state index < -0.39 is 5.60 Å². The van der Waals surface area contributed by atoms with E-state index in [4.69, 9.17) is 4.74 Å². The SMILES string of the molecule is CCc1cc(=O)n2nc(N3CCOC(C)(c4ccccc4)C3)sc2n1. The maximum Gasteiger partial charge on any atom is 0.275 e.